The van der Waals surface area contributed by atoms with Gasteiger partial charge in [-0.3, -0.25) is 5.01 Å². The first-order valence-corrected chi connectivity index (χ1v) is 12.0. The molecule has 1 aliphatic heterocycles. The quantitative estimate of drug-likeness (QED) is 0.558. The van der Waals surface area contributed by atoms with Crippen LogP contribution in [0.2, 0.25) is 0 Å². The molecular weight excluding hydrogens is 476 g/mol. The number of fused-ring (bicyclic) bond motifs is 1. The lowest BCUT2D eigenvalue weighted by molar-refractivity contribution is 0.232. The Balaban J connectivity index is 1.81. The number of rotatable bonds is 6. The minimum Gasteiger partial charge on any atom is -0.364 e. The maximum atomic E-state index is 9.85. The van der Waals surface area contributed by atoms with Crippen molar-refractivity contribution in [1.29, 1.82) is 10.5 Å². The Morgan fingerprint density at radius 1 is 1.31 bits per heavy atom. The molecule has 0 bridgehead atoms. The molecule has 2 aromatic rings. The first-order chi connectivity index (χ1) is 17.1. The molecule has 2 N–H and O–H groups in total. The van der Waals surface area contributed by atoms with Crippen LogP contribution in [0.1, 0.15) is 46.7 Å². The topological polar surface area (TPSA) is 130 Å². The molecule has 3 unspecified atom stereocenters. The first kappa shape index (κ1) is 25.0. The molecule has 0 saturated carbocycles. The minimum atomic E-state index is -0.508. The number of halogens is 1. The van der Waals surface area contributed by atoms with Crippen molar-refractivity contribution in [3.8, 4) is 12.1 Å². The highest BCUT2D eigenvalue weighted by atomic mass is 35.5. The molecule has 1 aliphatic carbocycles. The Bertz CT molecular complexity index is 1470. The Kier molecular flexibility index (Phi) is 6.60. The Morgan fingerprint density at radius 2 is 2.06 bits per heavy atom. The zero-order valence-corrected chi connectivity index (χ0v) is 21.8. The molecule has 3 atom stereocenters. The van der Waals surface area contributed by atoms with Gasteiger partial charge in [0.25, 0.3) is 0 Å². The Labute approximate surface area is 215 Å². The molecule has 11 heteroatoms. The Morgan fingerprint density at radius 3 is 2.67 bits per heavy atom. The normalized spacial score (nSPS) is 22.4. The third-order valence-electron chi connectivity index (χ3n) is 6.94. The molecule has 0 radical (unpaired) electrons. The van der Waals surface area contributed by atoms with E-state index in [1.165, 1.54) is 10.7 Å². The van der Waals surface area contributed by atoms with Gasteiger partial charge in [-0.05, 0) is 51.8 Å². The van der Waals surface area contributed by atoms with E-state index in [1.807, 2.05) is 25.9 Å². The van der Waals surface area contributed by atoms with Crippen molar-refractivity contribution in [2.75, 3.05) is 17.7 Å². The molecule has 3 heterocycles. The van der Waals surface area contributed by atoms with Crippen molar-refractivity contribution in [1.82, 2.24) is 24.6 Å². The van der Waals surface area contributed by atoms with Crippen molar-refractivity contribution in [2.45, 2.75) is 53.1 Å². The van der Waals surface area contributed by atoms with E-state index in [0.29, 0.717) is 27.8 Å². The summed E-state index contributed by atoms with van der Waals surface area (Å²) >= 11 is 6.81. The standard InChI is InChI=1S/C25H27ClN10/c1-7-14(2)30-22-23-29-13-19(12-28)36(23)34-24(32-22)31-18-8-17(11-27)9-20(21(26)10-18)25(5)15(3)33-35(6)16(25)4/h8-9,13-14,16H,7H2,1-6H3,(H2,30,31,32,34). The van der Waals surface area contributed by atoms with Crippen LogP contribution in [0.25, 0.3) is 5.65 Å². The van der Waals surface area contributed by atoms with Gasteiger partial charge < -0.3 is 10.6 Å². The summed E-state index contributed by atoms with van der Waals surface area (Å²) < 4.78 is 1.43. The first-order valence-electron chi connectivity index (χ1n) is 11.6. The SMILES string of the molecule is CCC(C)Nc1nc(NC2=C=C(Cl)C(C3(C)C(C)=NN(C)C3C)=CC(C#N)=C2)nn2c(C#N)cnc12. The number of hydrogen-bond donors (Lipinski definition) is 2. The third kappa shape index (κ3) is 4.22. The van der Waals surface area contributed by atoms with Gasteiger partial charge >= 0.3 is 0 Å². The van der Waals surface area contributed by atoms with Crippen LogP contribution in [0, 0.1) is 28.1 Å². The Hall–Kier alpha value is -4.11. The lowest BCUT2D eigenvalue weighted by atomic mass is 9.72. The van der Waals surface area contributed by atoms with E-state index >= 15 is 0 Å². The predicted octanol–water partition coefficient (Wildman–Crippen LogP) is 4.33. The summed E-state index contributed by atoms with van der Waals surface area (Å²) in [5.74, 6) is 0.683. The average Bonchev–Trinajstić information content (AvgIpc) is 3.29. The second-order valence-corrected chi connectivity index (χ2v) is 9.49. The summed E-state index contributed by atoms with van der Waals surface area (Å²) in [6, 6.07) is 4.47. The van der Waals surface area contributed by atoms with E-state index in [4.69, 9.17) is 11.6 Å². The van der Waals surface area contributed by atoms with Crippen LogP contribution in [0.5, 0.6) is 0 Å². The van der Waals surface area contributed by atoms with Crippen LogP contribution in [-0.4, -0.2) is 49.4 Å². The highest BCUT2D eigenvalue weighted by Crippen LogP contribution is 2.45. The van der Waals surface area contributed by atoms with Crippen molar-refractivity contribution >= 4 is 34.7 Å². The maximum absolute atomic E-state index is 9.85. The molecule has 0 amide bonds. The second kappa shape index (κ2) is 9.50. The third-order valence-corrected chi connectivity index (χ3v) is 7.24. The molecule has 36 heavy (non-hydrogen) atoms. The molecule has 10 nitrogen and oxygen atoms in total. The summed E-state index contributed by atoms with van der Waals surface area (Å²) in [4.78, 5) is 8.89. The van der Waals surface area contributed by atoms with E-state index in [0.717, 1.165) is 17.7 Å². The summed E-state index contributed by atoms with van der Waals surface area (Å²) in [6.07, 6.45) is 5.74. The maximum Gasteiger partial charge on any atom is 0.248 e. The second-order valence-electron chi connectivity index (χ2n) is 9.11. The summed E-state index contributed by atoms with van der Waals surface area (Å²) in [5.41, 5.74) is 5.83. The van der Waals surface area contributed by atoms with E-state index in [-0.39, 0.29) is 23.7 Å². The lowest BCUT2D eigenvalue weighted by Gasteiger charge is -2.33. The van der Waals surface area contributed by atoms with E-state index in [2.05, 4.69) is 69.4 Å². The van der Waals surface area contributed by atoms with Crippen molar-refractivity contribution < 1.29 is 0 Å². The molecule has 0 spiro atoms. The van der Waals surface area contributed by atoms with Crippen molar-refractivity contribution in [3.05, 3.63) is 51.6 Å². The average molecular weight is 503 g/mol. The van der Waals surface area contributed by atoms with Crippen LogP contribution in [0.15, 0.2) is 51.1 Å². The summed E-state index contributed by atoms with van der Waals surface area (Å²) in [5, 5.41) is 37.1. The van der Waals surface area contributed by atoms with Gasteiger partial charge in [0, 0.05) is 18.8 Å². The number of hydrazone groups is 1. The summed E-state index contributed by atoms with van der Waals surface area (Å²) in [7, 11) is 1.92. The number of allylic oxidation sites excluding steroid dienone is 3. The fourth-order valence-corrected chi connectivity index (χ4v) is 4.59. The predicted molar refractivity (Wildman–Crippen MR) is 139 cm³/mol. The van der Waals surface area contributed by atoms with Crippen LogP contribution in [-0.2, 0) is 0 Å². The van der Waals surface area contributed by atoms with Gasteiger partial charge in [0.05, 0.1) is 40.0 Å². The van der Waals surface area contributed by atoms with Crippen molar-refractivity contribution in [3.63, 3.8) is 0 Å². The lowest BCUT2D eigenvalue weighted by Crippen LogP contribution is -2.39. The van der Waals surface area contributed by atoms with Gasteiger partial charge in [0.1, 0.15) is 6.07 Å². The molecule has 0 saturated heterocycles. The van der Waals surface area contributed by atoms with Gasteiger partial charge in [0.2, 0.25) is 5.95 Å². The van der Waals surface area contributed by atoms with Gasteiger partial charge in [-0.2, -0.15) is 25.1 Å². The monoisotopic (exact) mass is 502 g/mol. The molecular formula is C25H27ClN10. The zero-order chi connectivity index (χ0) is 26.2. The van der Waals surface area contributed by atoms with E-state index in [1.54, 1.807) is 12.2 Å². The van der Waals surface area contributed by atoms with Crippen LogP contribution >= 0.6 is 11.6 Å². The number of nitrogens with zero attached hydrogens (tertiary/aromatic N) is 8. The number of imidazole rings is 1. The molecule has 2 aliphatic rings. The largest absolute Gasteiger partial charge is 0.364 e. The highest BCUT2D eigenvalue weighted by Gasteiger charge is 2.45. The zero-order valence-electron chi connectivity index (χ0n) is 21.0. The van der Waals surface area contributed by atoms with Crippen LogP contribution in [0.4, 0.5) is 11.8 Å². The van der Waals surface area contributed by atoms with Crippen LogP contribution < -0.4 is 10.6 Å². The number of nitriles is 2. The molecule has 184 valence electrons. The smallest absolute Gasteiger partial charge is 0.248 e. The number of anilines is 2. The molecule has 0 fully saturated rings. The molecule has 4 rings (SSSR count). The van der Waals surface area contributed by atoms with Gasteiger partial charge in [-0.15, -0.1) is 5.10 Å². The number of aromatic nitrogens is 4. The minimum absolute atomic E-state index is 0.0272. The number of nitrogens with one attached hydrogen (secondary N) is 2. The van der Waals surface area contributed by atoms with Gasteiger partial charge in [-0.1, -0.05) is 24.3 Å². The van der Waals surface area contributed by atoms with E-state index in [9.17, 15) is 10.5 Å². The van der Waals surface area contributed by atoms with E-state index < -0.39 is 5.41 Å². The van der Waals surface area contributed by atoms with Gasteiger partial charge in [-0.25, -0.2) is 4.98 Å². The fraction of sp³-hybridized carbons (Fsp3) is 0.400. The molecule has 0 aromatic carbocycles. The fourth-order valence-electron chi connectivity index (χ4n) is 4.23. The number of hydrogen-bond acceptors (Lipinski definition) is 9. The summed E-state index contributed by atoms with van der Waals surface area (Å²) in [6.45, 7) is 10.2. The molecule has 2 aromatic heterocycles. The van der Waals surface area contributed by atoms with Crippen molar-refractivity contribution in [2.24, 2.45) is 10.5 Å². The van der Waals surface area contributed by atoms with Gasteiger partial charge in [0.15, 0.2) is 17.2 Å². The van der Waals surface area contributed by atoms with Crippen LogP contribution in [0.3, 0.4) is 0 Å². The highest BCUT2D eigenvalue weighted by molar-refractivity contribution is 6.32.